The van der Waals surface area contributed by atoms with E-state index in [2.05, 4.69) is 15.3 Å². The van der Waals surface area contributed by atoms with Crippen molar-refractivity contribution in [2.75, 3.05) is 17.7 Å². The zero-order valence-corrected chi connectivity index (χ0v) is 17.4. The van der Waals surface area contributed by atoms with Gasteiger partial charge in [-0.25, -0.2) is 23.1 Å². The fraction of sp³-hybridized carbons (Fsp3) is 0.350. The number of benzene rings is 1. The summed E-state index contributed by atoms with van der Waals surface area (Å²) in [5.41, 5.74) is 3.47. The highest BCUT2D eigenvalue weighted by molar-refractivity contribution is 8.13. The van der Waals surface area contributed by atoms with Gasteiger partial charge in [-0.2, -0.15) is 13.2 Å². The number of hydrogen-bond acceptors (Lipinski definition) is 6. The van der Waals surface area contributed by atoms with Crippen LogP contribution in [-0.4, -0.2) is 40.7 Å². The molecule has 3 N–H and O–H groups in total. The second-order valence-corrected chi connectivity index (χ2v) is 8.63. The first-order valence-corrected chi connectivity index (χ1v) is 10.6. The topological polar surface area (TPSA) is 89.6 Å². The average molecular weight is 490 g/mol. The summed E-state index contributed by atoms with van der Waals surface area (Å²) in [6.45, 7) is -0.578. The van der Waals surface area contributed by atoms with Crippen molar-refractivity contribution in [3.05, 3.63) is 59.2 Å². The van der Waals surface area contributed by atoms with Crippen molar-refractivity contribution in [1.29, 1.82) is 0 Å². The van der Waals surface area contributed by atoms with Crippen LogP contribution in [-0.2, 0) is 10.3 Å². The number of ether oxygens (including phenoxy) is 1. The van der Waals surface area contributed by atoms with Crippen molar-refractivity contribution in [2.45, 2.75) is 24.2 Å². The first-order chi connectivity index (χ1) is 15.5. The molecule has 4 rings (SSSR count). The van der Waals surface area contributed by atoms with E-state index in [9.17, 15) is 31.1 Å². The standard InChI is InChI=1S/C20H16F6N4O2S/c21-10-4-14(23)16(28-6-10)17(31)29-11-1-2-13(22)12(5-11)19-8-32-15(20(24,25)26)3-9(19)7-33-18(27)30-19/h1-2,4-6,9,15H,3,7-8H2,(H2,27,30)(H,29,31). The van der Waals surface area contributed by atoms with Crippen LogP contribution in [0, 0.1) is 23.4 Å². The number of anilines is 1. The first-order valence-electron chi connectivity index (χ1n) is 9.58. The Morgan fingerprint density at radius 1 is 1.21 bits per heavy atom. The van der Waals surface area contributed by atoms with Crippen molar-refractivity contribution >= 4 is 28.5 Å². The number of carbonyl (C=O) groups excluding carboxylic acids is 1. The van der Waals surface area contributed by atoms with Gasteiger partial charge < -0.3 is 15.8 Å². The fourth-order valence-corrected chi connectivity index (χ4v) is 4.92. The Hall–Kier alpha value is -2.80. The number of hydrogen-bond donors (Lipinski definition) is 2. The molecule has 13 heteroatoms. The molecule has 1 aromatic heterocycles. The predicted molar refractivity (Wildman–Crippen MR) is 108 cm³/mol. The number of aliphatic imine (C=N–C) groups is 1. The maximum Gasteiger partial charge on any atom is 0.414 e. The molecular formula is C20H16F6N4O2S. The van der Waals surface area contributed by atoms with Crippen LogP contribution in [0.5, 0.6) is 0 Å². The number of pyridine rings is 1. The molecule has 6 nitrogen and oxygen atoms in total. The van der Waals surface area contributed by atoms with Crippen LogP contribution >= 0.6 is 11.8 Å². The quantitative estimate of drug-likeness (QED) is 0.636. The number of nitrogens with two attached hydrogens (primary N) is 1. The van der Waals surface area contributed by atoms with E-state index in [-0.39, 0.29) is 22.2 Å². The van der Waals surface area contributed by atoms with Gasteiger partial charge in [-0.1, -0.05) is 11.8 Å². The Balaban J connectivity index is 1.68. The minimum atomic E-state index is -4.59. The van der Waals surface area contributed by atoms with Gasteiger partial charge in [0.15, 0.2) is 22.8 Å². The summed E-state index contributed by atoms with van der Waals surface area (Å²) in [6, 6.07) is 3.84. The molecule has 33 heavy (non-hydrogen) atoms. The highest BCUT2D eigenvalue weighted by Crippen LogP contribution is 2.49. The number of thioether (sulfide) groups is 1. The molecule has 1 saturated heterocycles. The third-order valence-electron chi connectivity index (χ3n) is 5.50. The van der Waals surface area contributed by atoms with Crippen LogP contribution < -0.4 is 11.1 Å². The molecule has 0 saturated carbocycles. The summed E-state index contributed by atoms with van der Waals surface area (Å²) in [6.07, 6.45) is -6.41. The Morgan fingerprint density at radius 2 is 1.97 bits per heavy atom. The third kappa shape index (κ3) is 4.51. The van der Waals surface area contributed by atoms with Gasteiger partial charge in [0, 0.05) is 29.0 Å². The number of carbonyl (C=O) groups is 1. The van der Waals surface area contributed by atoms with Gasteiger partial charge in [0.2, 0.25) is 0 Å². The van der Waals surface area contributed by atoms with E-state index in [0.717, 1.165) is 17.8 Å². The Kier molecular flexibility index (Phi) is 6.03. The minimum Gasteiger partial charge on any atom is -0.379 e. The molecule has 176 valence electrons. The molecule has 2 aliphatic heterocycles. The summed E-state index contributed by atoms with van der Waals surface area (Å²) in [5.74, 6) is -4.59. The van der Waals surface area contributed by atoms with Crippen LogP contribution in [0.1, 0.15) is 22.5 Å². The summed E-state index contributed by atoms with van der Waals surface area (Å²) in [5, 5.41) is 2.39. The van der Waals surface area contributed by atoms with E-state index in [1.165, 1.54) is 12.1 Å². The highest BCUT2D eigenvalue weighted by atomic mass is 32.2. The Labute approximate surface area is 187 Å². The maximum atomic E-state index is 14.9. The normalized spacial score (nSPS) is 25.2. The largest absolute Gasteiger partial charge is 0.414 e. The smallest absolute Gasteiger partial charge is 0.379 e. The molecule has 1 fully saturated rings. The molecule has 0 radical (unpaired) electrons. The SMILES string of the molecule is NC1=NC2(c3cc(NC(=O)c4ncc(F)cc4F)ccc3F)COC(C(F)(F)F)CC2CS1. The number of halogens is 6. The second-order valence-electron chi connectivity index (χ2n) is 7.59. The minimum absolute atomic E-state index is 0.00000665. The summed E-state index contributed by atoms with van der Waals surface area (Å²) in [4.78, 5) is 20.1. The molecule has 0 spiro atoms. The van der Waals surface area contributed by atoms with E-state index < -0.39 is 65.8 Å². The van der Waals surface area contributed by atoms with Crippen LogP contribution in [0.15, 0.2) is 35.5 Å². The van der Waals surface area contributed by atoms with E-state index in [1.807, 2.05) is 0 Å². The number of nitrogens with zero attached hydrogens (tertiary/aromatic N) is 2. The lowest BCUT2D eigenvalue weighted by molar-refractivity contribution is -0.245. The molecule has 1 amide bonds. The average Bonchev–Trinajstić information content (AvgIpc) is 2.73. The van der Waals surface area contributed by atoms with E-state index in [4.69, 9.17) is 10.5 Å². The molecule has 3 atom stereocenters. The number of rotatable bonds is 3. The van der Waals surface area contributed by atoms with Crippen LogP contribution in [0.3, 0.4) is 0 Å². The Morgan fingerprint density at radius 3 is 2.67 bits per heavy atom. The van der Waals surface area contributed by atoms with Gasteiger partial charge in [-0.15, -0.1) is 0 Å². The zero-order valence-electron chi connectivity index (χ0n) is 16.6. The summed E-state index contributed by atoms with van der Waals surface area (Å²) in [7, 11) is 0. The van der Waals surface area contributed by atoms with Crippen LogP contribution in [0.25, 0.3) is 0 Å². The van der Waals surface area contributed by atoms with Crippen LogP contribution in [0.2, 0.25) is 0 Å². The number of fused-ring (bicyclic) bond motifs is 1. The number of amides is 1. The molecule has 2 aromatic rings. The van der Waals surface area contributed by atoms with Gasteiger partial charge in [0.1, 0.15) is 17.2 Å². The number of amidine groups is 1. The molecule has 3 unspecified atom stereocenters. The van der Waals surface area contributed by atoms with Crippen molar-refractivity contribution in [2.24, 2.45) is 16.6 Å². The molecule has 2 aliphatic rings. The van der Waals surface area contributed by atoms with Gasteiger partial charge in [-0.3, -0.25) is 4.79 Å². The lowest BCUT2D eigenvalue weighted by Crippen LogP contribution is -2.53. The highest BCUT2D eigenvalue weighted by Gasteiger charge is 2.55. The van der Waals surface area contributed by atoms with Crippen molar-refractivity contribution < 1.29 is 35.9 Å². The monoisotopic (exact) mass is 490 g/mol. The first kappa shape index (κ1) is 23.4. The van der Waals surface area contributed by atoms with Gasteiger partial charge in [-0.05, 0) is 24.6 Å². The van der Waals surface area contributed by atoms with E-state index in [1.54, 1.807) is 0 Å². The molecular weight excluding hydrogens is 474 g/mol. The Bertz CT molecular complexity index is 1130. The second kappa shape index (κ2) is 8.52. The van der Waals surface area contributed by atoms with E-state index in [0.29, 0.717) is 12.3 Å². The lowest BCUT2D eigenvalue weighted by atomic mass is 9.74. The van der Waals surface area contributed by atoms with E-state index >= 15 is 0 Å². The summed E-state index contributed by atoms with van der Waals surface area (Å²) >= 11 is 1.06. The third-order valence-corrected chi connectivity index (χ3v) is 6.46. The molecule has 0 aliphatic carbocycles. The fourth-order valence-electron chi connectivity index (χ4n) is 3.90. The zero-order chi connectivity index (χ0) is 24.0. The molecule has 1 aromatic carbocycles. The molecule has 3 heterocycles. The lowest BCUT2D eigenvalue weighted by Gasteiger charge is -2.46. The van der Waals surface area contributed by atoms with Crippen molar-refractivity contribution in [3.8, 4) is 0 Å². The summed E-state index contributed by atoms with van der Waals surface area (Å²) < 4.78 is 86.6. The van der Waals surface area contributed by atoms with Gasteiger partial charge in [0.25, 0.3) is 5.91 Å². The number of alkyl halides is 3. The maximum absolute atomic E-state index is 14.9. The van der Waals surface area contributed by atoms with Crippen molar-refractivity contribution in [1.82, 2.24) is 4.98 Å². The number of aromatic nitrogens is 1. The van der Waals surface area contributed by atoms with Crippen LogP contribution in [0.4, 0.5) is 32.0 Å². The number of nitrogens with one attached hydrogen (secondary N) is 1. The van der Waals surface area contributed by atoms with Gasteiger partial charge >= 0.3 is 6.18 Å². The predicted octanol–water partition coefficient (Wildman–Crippen LogP) is 3.98. The molecule has 0 bridgehead atoms. The van der Waals surface area contributed by atoms with Gasteiger partial charge in [0.05, 0.1) is 12.8 Å². The van der Waals surface area contributed by atoms with Crippen molar-refractivity contribution in [3.63, 3.8) is 0 Å².